The molecule has 0 aliphatic heterocycles. The standard InChI is InChI=1S/C24H31NO5/c1-16-17(2)22(29-4)23(30-5)20(21(16)28-3)14-19(24(26)27)12-8-6-7-10-18-11-9-13-25-15-18/h9,11,13-15H,6-8,10,12H2,1-5H3,(H,26,27)/b19-14+. The Bertz CT molecular complexity index is 890. The molecule has 0 radical (unpaired) electrons. The van der Waals surface area contributed by atoms with Crippen LogP contribution in [0.3, 0.4) is 0 Å². The summed E-state index contributed by atoms with van der Waals surface area (Å²) >= 11 is 0. The number of hydrogen-bond donors (Lipinski definition) is 1. The number of carbonyl (C=O) groups is 1. The average Bonchev–Trinajstić information content (AvgIpc) is 2.75. The second kappa shape index (κ2) is 11.2. The maximum absolute atomic E-state index is 11.9. The first-order valence-corrected chi connectivity index (χ1v) is 10.1. The van der Waals surface area contributed by atoms with Gasteiger partial charge in [0.15, 0.2) is 11.5 Å². The molecule has 162 valence electrons. The number of aromatic nitrogens is 1. The van der Waals surface area contributed by atoms with E-state index in [0.717, 1.165) is 36.8 Å². The van der Waals surface area contributed by atoms with Crippen LogP contribution in [-0.2, 0) is 11.2 Å². The van der Waals surface area contributed by atoms with E-state index in [0.29, 0.717) is 34.8 Å². The number of aryl methyl sites for hydroxylation is 1. The summed E-state index contributed by atoms with van der Waals surface area (Å²) in [7, 11) is 4.69. The van der Waals surface area contributed by atoms with E-state index in [1.54, 1.807) is 33.6 Å². The lowest BCUT2D eigenvalue weighted by Gasteiger charge is -2.20. The zero-order valence-corrected chi connectivity index (χ0v) is 18.4. The van der Waals surface area contributed by atoms with Gasteiger partial charge < -0.3 is 19.3 Å². The highest BCUT2D eigenvalue weighted by Gasteiger charge is 2.22. The number of carboxylic acid groups (broad SMARTS) is 1. The largest absolute Gasteiger partial charge is 0.496 e. The summed E-state index contributed by atoms with van der Waals surface area (Å²) in [5, 5.41) is 9.76. The Morgan fingerprint density at radius 3 is 2.23 bits per heavy atom. The van der Waals surface area contributed by atoms with Crippen molar-refractivity contribution in [3.63, 3.8) is 0 Å². The lowest BCUT2D eigenvalue weighted by Crippen LogP contribution is -2.05. The summed E-state index contributed by atoms with van der Waals surface area (Å²) in [6, 6.07) is 3.99. The van der Waals surface area contributed by atoms with Gasteiger partial charge in [-0.15, -0.1) is 0 Å². The molecular weight excluding hydrogens is 382 g/mol. The fraction of sp³-hybridized carbons (Fsp3) is 0.417. The molecule has 0 atom stereocenters. The van der Waals surface area contributed by atoms with E-state index in [1.807, 2.05) is 26.1 Å². The van der Waals surface area contributed by atoms with E-state index in [1.165, 1.54) is 5.56 Å². The highest BCUT2D eigenvalue weighted by molar-refractivity contribution is 5.94. The predicted octanol–water partition coefficient (Wildman–Crippen LogP) is 5.00. The maximum atomic E-state index is 11.9. The van der Waals surface area contributed by atoms with E-state index in [-0.39, 0.29) is 0 Å². The first-order chi connectivity index (χ1) is 14.4. The zero-order valence-electron chi connectivity index (χ0n) is 18.4. The number of carboxylic acids is 1. The number of benzene rings is 1. The molecule has 0 saturated heterocycles. The lowest BCUT2D eigenvalue weighted by molar-refractivity contribution is -0.132. The molecule has 1 heterocycles. The molecule has 0 fully saturated rings. The smallest absolute Gasteiger partial charge is 0.331 e. The summed E-state index contributed by atoms with van der Waals surface area (Å²) in [5.74, 6) is 0.722. The Labute approximate surface area is 178 Å². The number of unbranched alkanes of at least 4 members (excludes halogenated alkanes) is 2. The third-order valence-electron chi connectivity index (χ3n) is 5.28. The van der Waals surface area contributed by atoms with Crippen LogP contribution >= 0.6 is 0 Å². The SMILES string of the molecule is COc1c(C)c(C)c(OC)c(OC)c1/C=C(\CCCCCc1cccnc1)C(=O)O. The minimum absolute atomic E-state index is 0.318. The number of hydrogen-bond acceptors (Lipinski definition) is 5. The molecule has 0 saturated carbocycles. The molecule has 1 aromatic heterocycles. The Morgan fingerprint density at radius 1 is 1.00 bits per heavy atom. The number of pyridine rings is 1. The fourth-order valence-electron chi connectivity index (χ4n) is 3.56. The number of methoxy groups -OCH3 is 3. The Balaban J connectivity index is 2.21. The van der Waals surface area contributed by atoms with Crippen LogP contribution in [-0.4, -0.2) is 37.4 Å². The molecular formula is C24H31NO5. The summed E-state index contributed by atoms with van der Waals surface area (Å²) in [6.45, 7) is 3.85. The minimum atomic E-state index is -0.941. The van der Waals surface area contributed by atoms with Gasteiger partial charge >= 0.3 is 5.97 Å². The molecule has 30 heavy (non-hydrogen) atoms. The van der Waals surface area contributed by atoms with E-state index >= 15 is 0 Å². The molecule has 2 aromatic rings. The second-order valence-corrected chi connectivity index (χ2v) is 7.16. The van der Waals surface area contributed by atoms with Crippen LogP contribution in [0.25, 0.3) is 6.08 Å². The van der Waals surface area contributed by atoms with Gasteiger partial charge in [-0.1, -0.05) is 12.5 Å². The molecule has 1 N–H and O–H groups in total. The van der Waals surface area contributed by atoms with Crippen molar-refractivity contribution in [3.8, 4) is 17.2 Å². The highest BCUT2D eigenvalue weighted by Crippen LogP contribution is 2.44. The lowest BCUT2D eigenvalue weighted by atomic mass is 9.97. The van der Waals surface area contributed by atoms with Crippen molar-refractivity contribution in [1.29, 1.82) is 0 Å². The number of rotatable bonds is 11. The van der Waals surface area contributed by atoms with Gasteiger partial charge in [-0.25, -0.2) is 4.79 Å². The molecule has 6 heteroatoms. The molecule has 0 aliphatic carbocycles. The van der Waals surface area contributed by atoms with Gasteiger partial charge in [0.2, 0.25) is 0 Å². The van der Waals surface area contributed by atoms with Crippen LogP contribution in [0, 0.1) is 13.8 Å². The monoisotopic (exact) mass is 413 g/mol. The van der Waals surface area contributed by atoms with E-state index in [9.17, 15) is 9.90 Å². The van der Waals surface area contributed by atoms with Gasteiger partial charge in [0.1, 0.15) is 5.75 Å². The summed E-state index contributed by atoms with van der Waals surface area (Å²) in [5.41, 5.74) is 3.90. The summed E-state index contributed by atoms with van der Waals surface area (Å²) in [6.07, 6.45) is 9.39. The van der Waals surface area contributed by atoms with Crippen molar-refractivity contribution in [2.45, 2.75) is 46.0 Å². The minimum Gasteiger partial charge on any atom is -0.496 e. The van der Waals surface area contributed by atoms with Gasteiger partial charge in [-0.05, 0) is 62.8 Å². The number of aliphatic carboxylic acids is 1. The maximum Gasteiger partial charge on any atom is 0.331 e. The van der Waals surface area contributed by atoms with Crippen molar-refractivity contribution < 1.29 is 24.1 Å². The van der Waals surface area contributed by atoms with Gasteiger partial charge in [-0.2, -0.15) is 0 Å². The second-order valence-electron chi connectivity index (χ2n) is 7.16. The molecule has 0 aliphatic rings. The van der Waals surface area contributed by atoms with Gasteiger partial charge in [0.25, 0.3) is 0 Å². The zero-order chi connectivity index (χ0) is 22.1. The average molecular weight is 414 g/mol. The van der Waals surface area contributed by atoms with Crippen molar-refractivity contribution >= 4 is 12.0 Å². The fourth-order valence-corrected chi connectivity index (χ4v) is 3.56. The topological polar surface area (TPSA) is 77.9 Å². The molecule has 2 rings (SSSR count). The van der Waals surface area contributed by atoms with E-state index in [4.69, 9.17) is 14.2 Å². The first-order valence-electron chi connectivity index (χ1n) is 10.1. The molecule has 0 spiro atoms. The summed E-state index contributed by atoms with van der Waals surface area (Å²) < 4.78 is 16.7. The van der Waals surface area contributed by atoms with Crippen molar-refractivity contribution in [2.75, 3.05) is 21.3 Å². The Kier molecular flexibility index (Phi) is 8.71. The third-order valence-corrected chi connectivity index (χ3v) is 5.28. The quantitative estimate of drug-likeness (QED) is 0.413. The van der Waals surface area contributed by atoms with E-state index < -0.39 is 5.97 Å². The highest BCUT2D eigenvalue weighted by atomic mass is 16.5. The van der Waals surface area contributed by atoms with Crippen LogP contribution < -0.4 is 14.2 Å². The van der Waals surface area contributed by atoms with Crippen LogP contribution in [0.2, 0.25) is 0 Å². The Hall–Kier alpha value is -3.02. The van der Waals surface area contributed by atoms with Crippen LogP contribution in [0.5, 0.6) is 17.2 Å². The first kappa shape index (κ1) is 23.3. The van der Waals surface area contributed by atoms with Crippen molar-refractivity contribution in [2.24, 2.45) is 0 Å². The van der Waals surface area contributed by atoms with Crippen LogP contribution in [0.1, 0.15) is 47.9 Å². The molecule has 0 unspecified atom stereocenters. The van der Waals surface area contributed by atoms with Crippen molar-refractivity contribution in [1.82, 2.24) is 4.98 Å². The van der Waals surface area contributed by atoms with E-state index in [2.05, 4.69) is 11.1 Å². The number of ether oxygens (including phenoxy) is 3. The van der Waals surface area contributed by atoms with Gasteiger partial charge in [-0.3, -0.25) is 4.98 Å². The molecule has 6 nitrogen and oxygen atoms in total. The van der Waals surface area contributed by atoms with Gasteiger partial charge in [0, 0.05) is 23.5 Å². The van der Waals surface area contributed by atoms with Gasteiger partial charge in [0.05, 0.1) is 26.9 Å². The summed E-state index contributed by atoms with van der Waals surface area (Å²) in [4.78, 5) is 16.0. The molecule has 1 aromatic carbocycles. The Morgan fingerprint density at radius 2 is 1.67 bits per heavy atom. The normalized spacial score (nSPS) is 11.3. The molecule has 0 bridgehead atoms. The third kappa shape index (κ3) is 5.53. The molecule has 0 amide bonds. The van der Waals surface area contributed by atoms with Crippen molar-refractivity contribution in [3.05, 3.63) is 52.4 Å². The van der Waals surface area contributed by atoms with Crippen LogP contribution in [0.4, 0.5) is 0 Å². The van der Waals surface area contributed by atoms with Crippen LogP contribution in [0.15, 0.2) is 30.1 Å². The number of nitrogens with zero attached hydrogens (tertiary/aromatic N) is 1. The predicted molar refractivity (Wildman–Crippen MR) is 118 cm³/mol.